The summed E-state index contributed by atoms with van der Waals surface area (Å²) < 4.78 is 0. The lowest BCUT2D eigenvalue weighted by atomic mass is 10.2. The first-order valence-corrected chi connectivity index (χ1v) is 5.50. The average molecular weight is 174 g/mol. The van der Waals surface area contributed by atoms with Gasteiger partial charge in [-0.1, -0.05) is 0 Å². The molecular formula is C8H18N2S. The summed E-state index contributed by atoms with van der Waals surface area (Å²) in [6.45, 7) is 5.80. The Kier molecular flexibility index (Phi) is 4.26. The number of nitrogens with zero attached hydrogens (tertiary/aromatic N) is 1. The fourth-order valence-electron chi connectivity index (χ4n) is 1.21. The van der Waals surface area contributed by atoms with Crippen LogP contribution in [0, 0.1) is 0 Å². The van der Waals surface area contributed by atoms with E-state index in [1.807, 2.05) is 0 Å². The van der Waals surface area contributed by atoms with Crippen molar-refractivity contribution in [3.05, 3.63) is 0 Å². The van der Waals surface area contributed by atoms with Crippen molar-refractivity contribution in [2.45, 2.75) is 19.4 Å². The van der Waals surface area contributed by atoms with Gasteiger partial charge >= 0.3 is 0 Å². The van der Waals surface area contributed by atoms with Crippen LogP contribution in [0.2, 0.25) is 0 Å². The van der Waals surface area contributed by atoms with Gasteiger partial charge in [0.1, 0.15) is 0 Å². The highest BCUT2D eigenvalue weighted by atomic mass is 32.2. The van der Waals surface area contributed by atoms with Crippen molar-refractivity contribution >= 4 is 11.8 Å². The van der Waals surface area contributed by atoms with Crippen LogP contribution >= 0.6 is 11.8 Å². The second-order valence-electron chi connectivity index (χ2n) is 3.22. The molecule has 1 fully saturated rings. The highest BCUT2D eigenvalue weighted by Crippen LogP contribution is 2.09. The SMILES string of the molecule is CC(N)CCN1CCSCC1. The second-order valence-corrected chi connectivity index (χ2v) is 4.44. The fraction of sp³-hybridized carbons (Fsp3) is 1.00. The van der Waals surface area contributed by atoms with Gasteiger partial charge in [0.2, 0.25) is 0 Å². The zero-order chi connectivity index (χ0) is 8.10. The Bertz CT molecular complexity index is 100. The Morgan fingerprint density at radius 2 is 2.09 bits per heavy atom. The molecule has 0 spiro atoms. The number of rotatable bonds is 3. The lowest BCUT2D eigenvalue weighted by Crippen LogP contribution is -2.35. The van der Waals surface area contributed by atoms with Crippen molar-refractivity contribution in [2.75, 3.05) is 31.1 Å². The molecule has 0 aromatic heterocycles. The maximum atomic E-state index is 5.68. The standard InChI is InChI=1S/C8H18N2S/c1-8(9)2-3-10-4-6-11-7-5-10/h8H,2-7,9H2,1H3. The monoisotopic (exact) mass is 174 g/mol. The average Bonchev–Trinajstić information content (AvgIpc) is 2.03. The molecule has 0 aliphatic carbocycles. The van der Waals surface area contributed by atoms with Crippen LogP contribution in [0.1, 0.15) is 13.3 Å². The molecule has 0 amide bonds. The molecule has 0 bridgehead atoms. The van der Waals surface area contributed by atoms with E-state index in [4.69, 9.17) is 5.73 Å². The van der Waals surface area contributed by atoms with Gasteiger partial charge in [0.25, 0.3) is 0 Å². The second kappa shape index (κ2) is 5.01. The van der Waals surface area contributed by atoms with Crippen molar-refractivity contribution in [1.29, 1.82) is 0 Å². The third kappa shape index (κ3) is 3.99. The van der Waals surface area contributed by atoms with Crippen molar-refractivity contribution in [3.8, 4) is 0 Å². The highest BCUT2D eigenvalue weighted by Gasteiger charge is 2.09. The fourth-order valence-corrected chi connectivity index (χ4v) is 2.19. The van der Waals surface area contributed by atoms with Crippen LogP contribution in [0.5, 0.6) is 0 Å². The molecule has 1 atom stereocenters. The quantitative estimate of drug-likeness (QED) is 0.685. The van der Waals surface area contributed by atoms with Gasteiger partial charge in [0, 0.05) is 30.6 Å². The molecule has 2 nitrogen and oxygen atoms in total. The Morgan fingerprint density at radius 3 is 2.64 bits per heavy atom. The number of nitrogens with two attached hydrogens (primary N) is 1. The lowest BCUT2D eigenvalue weighted by Gasteiger charge is -2.26. The molecule has 3 heteroatoms. The maximum Gasteiger partial charge on any atom is 0.00727 e. The van der Waals surface area contributed by atoms with E-state index < -0.39 is 0 Å². The first-order valence-electron chi connectivity index (χ1n) is 4.34. The molecule has 1 rings (SSSR count). The predicted octanol–water partition coefficient (Wildman–Crippen LogP) is 0.772. The van der Waals surface area contributed by atoms with Crippen LogP contribution in [0.25, 0.3) is 0 Å². The van der Waals surface area contributed by atoms with Gasteiger partial charge in [-0.25, -0.2) is 0 Å². The van der Waals surface area contributed by atoms with E-state index in [1.54, 1.807) is 0 Å². The van der Waals surface area contributed by atoms with Gasteiger partial charge in [-0.15, -0.1) is 0 Å². The third-order valence-electron chi connectivity index (χ3n) is 2.00. The van der Waals surface area contributed by atoms with Crippen molar-refractivity contribution < 1.29 is 0 Å². The van der Waals surface area contributed by atoms with Crippen LogP contribution in [0.3, 0.4) is 0 Å². The van der Waals surface area contributed by atoms with Crippen molar-refractivity contribution in [1.82, 2.24) is 4.90 Å². The van der Waals surface area contributed by atoms with Gasteiger partial charge < -0.3 is 10.6 Å². The van der Waals surface area contributed by atoms with Crippen LogP contribution < -0.4 is 5.73 Å². The molecule has 1 aliphatic rings. The summed E-state index contributed by atoms with van der Waals surface area (Å²) in [5, 5.41) is 0. The van der Waals surface area contributed by atoms with Crippen LogP contribution in [0.15, 0.2) is 0 Å². The largest absolute Gasteiger partial charge is 0.328 e. The van der Waals surface area contributed by atoms with Crippen molar-refractivity contribution in [2.24, 2.45) is 5.73 Å². The molecule has 0 aromatic carbocycles. The molecule has 0 saturated carbocycles. The molecule has 1 aliphatic heterocycles. The zero-order valence-electron chi connectivity index (χ0n) is 7.25. The maximum absolute atomic E-state index is 5.68. The Balaban J connectivity index is 2.05. The molecule has 1 heterocycles. The first-order chi connectivity index (χ1) is 5.29. The third-order valence-corrected chi connectivity index (χ3v) is 2.95. The van der Waals surface area contributed by atoms with Crippen LogP contribution in [-0.4, -0.2) is 42.1 Å². The van der Waals surface area contributed by atoms with Crippen LogP contribution in [0.4, 0.5) is 0 Å². The van der Waals surface area contributed by atoms with E-state index in [0.29, 0.717) is 6.04 Å². The van der Waals surface area contributed by atoms with E-state index >= 15 is 0 Å². The summed E-state index contributed by atoms with van der Waals surface area (Å²) in [7, 11) is 0. The van der Waals surface area contributed by atoms with E-state index in [2.05, 4.69) is 23.6 Å². The van der Waals surface area contributed by atoms with Gasteiger partial charge in [-0.3, -0.25) is 0 Å². The topological polar surface area (TPSA) is 29.3 Å². The highest BCUT2D eigenvalue weighted by molar-refractivity contribution is 7.99. The summed E-state index contributed by atoms with van der Waals surface area (Å²) in [5.74, 6) is 2.61. The Hall–Kier alpha value is 0.270. The smallest absolute Gasteiger partial charge is 0.00727 e. The minimum absolute atomic E-state index is 0.365. The number of hydrogen-bond acceptors (Lipinski definition) is 3. The van der Waals surface area contributed by atoms with Crippen molar-refractivity contribution in [3.63, 3.8) is 0 Å². The molecule has 0 aromatic rings. The minimum Gasteiger partial charge on any atom is -0.328 e. The normalized spacial score (nSPS) is 23.5. The number of thioether (sulfide) groups is 1. The molecule has 1 unspecified atom stereocenters. The summed E-state index contributed by atoms with van der Waals surface area (Å²) in [4.78, 5) is 2.51. The predicted molar refractivity (Wildman–Crippen MR) is 52.0 cm³/mol. The van der Waals surface area contributed by atoms with Gasteiger partial charge in [0.15, 0.2) is 0 Å². The summed E-state index contributed by atoms with van der Waals surface area (Å²) >= 11 is 2.06. The molecule has 0 radical (unpaired) electrons. The lowest BCUT2D eigenvalue weighted by molar-refractivity contribution is 0.291. The molecule has 2 N–H and O–H groups in total. The number of hydrogen-bond donors (Lipinski definition) is 1. The zero-order valence-corrected chi connectivity index (χ0v) is 8.07. The van der Waals surface area contributed by atoms with E-state index in [9.17, 15) is 0 Å². The molecule has 1 saturated heterocycles. The minimum atomic E-state index is 0.365. The van der Waals surface area contributed by atoms with Gasteiger partial charge in [0.05, 0.1) is 0 Å². The van der Waals surface area contributed by atoms with Gasteiger partial charge in [-0.05, 0) is 19.9 Å². The summed E-state index contributed by atoms with van der Waals surface area (Å²) in [5.41, 5.74) is 5.68. The first kappa shape index (κ1) is 9.36. The molecule has 11 heavy (non-hydrogen) atoms. The van der Waals surface area contributed by atoms with Crippen LogP contribution in [-0.2, 0) is 0 Å². The molecule has 66 valence electrons. The molecular weight excluding hydrogens is 156 g/mol. The Morgan fingerprint density at radius 1 is 1.45 bits per heavy atom. The van der Waals surface area contributed by atoms with E-state index in [0.717, 1.165) is 6.42 Å². The Labute approximate surface area is 73.5 Å². The summed E-state index contributed by atoms with van der Waals surface area (Å²) in [6.07, 6.45) is 1.14. The van der Waals surface area contributed by atoms with Gasteiger partial charge in [-0.2, -0.15) is 11.8 Å². The van der Waals surface area contributed by atoms with E-state index in [1.165, 1.54) is 31.1 Å². The summed E-state index contributed by atoms with van der Waals surface area (Å²) in [6, 6.07) is 0.365. The van der Waals surface area contributed by atoms with E-state index in [-0.39, 0.29) is 0 Å².